The summed E-state index contributed by atoms with van der Waals surface area (Å²) in [7, 11) is -4.20. The maximum Gasteiger partial charge on any atom is 0.416 e. The van der Waals surface area contributed by atoms with Crippen LogP contribution in [0.5, 0.6) is 0 Å². The number of benzene rings is 1. The van der Waals surface area contributed by atoms with E-state index in [-0.39, 0.29) is 10.6 Å². The van der Waals surface area contributed by atoms with Crippen molar-refractivity contribution >= 4 is 15.7 Å². The lowest BCUT2D eigenvalue weighted by molar-refractivity contribution is -0.178. The largest absolute Gasteiger partial charge is 0.416 e. The second-order valence-electron chi connectivity index (χ2n) is 6.40. The molecule has 0 aliphatic heterocycles. The van der Waals surface area contributed by atoms with Gasteiger partial charge < -0.3 is 15.2 Å². The van der Waals surface area contributed by atoms with Gasteiger partial charge >= 0.3 is 12.4 Å². The molecule has 14 heteroatoms. The number of aromatic nitrogens is 1. The number of hydrogen-bond acceptors (Lipinski definition) is 6. The molecule has 0 spiro atoms. The second-order valence-corrected chi connectivity index (χ2v) is 8.35. The Kier molecular flexibility index (Phi) is 7.85. The second kappa shape index (κ2) is 9.83. The maximum absolute atomic E-state index is 12.6. The van der Waals surface area contributed by atoms with Crippen molar-refractivity contribution in [3.8, 4) is 0 Å². The molecule has 1 amide bonds. The number of hydrogen-bond donors (Lipinski definition) is 2. The van der Waals surface area contributed by atoms with Crippen molar-refractivity contribution < 1.29 is 49.4 Å². The van der Waals surface area contributed by atoms with E-state index in [1.165, 1.54) is 0 Å². The van der Waals surface area contributed by atoms with Crippen LogP contribution in [-0.2, 0) is 20.8 Å². The molecule has 1 unspecified atom stereocenters. The quantitative estimate of drug-likeness (QED) is 0.556. The predicted molar refractivity (Wildman–Crippen MR) is 96.3 cm³/mol. The van der Waals surface area contributed by atoms with Crippen LogP contribution in [0.4, 0.5) is 26.3 Å². The van der Waals surface area contributed by atoms with Gasteiger partial charge in [0.15, 0.2) is 0 Å². The van der Waals surface area contributed by atoms with E-state index in [1.807, 2.05) is 0 Å². The number of ether oxygens (including phenoxy) is 1. The number of aliphatic hydroxyl groups excluding tert-OH is 1. The Morgan fingerprint density at radius 3 is 2.12 bits per heavy atom. The van der Waals surface area contributed by atoms with Crippen molar-refractivity contribution in [3.63, 3.8) is 0 Å². The minimum atomic E-state index is -4.63. The van der Waals surface area contributed by atoms with Crippen LogP contribution in [0.15, 0.2) is 52.4 Å². The molecule has 0 saturated carbocycles. The molecule has 176 valence electrons. The predicted octanol–water partition coefficient (Wildman–Crippen LogP) is 2.60. The molecule has 0 bridgehead atoms. The zero-order chi connectivity index (χ0) is 24.2. The monoisotopic (exact) mass is 486 g/mol. The van der Waals surface area contributed by atoms with Gasteiger partial charge in [0.1, 0.15) is 12.3 Å². The summed E-state index contributed by atoms with van der Waals surface area (Å²) < 4.78 is 103. The normalized spacial score (nSPS) is 13.6. The highest BCUT2D eigenvalue weighted by Crippen LogP contribution is 2.30. The van der Waals surface area contributed by atoms with Crippen LogP contribution in [0.3, 0.4) is 0 Å². The van der Waals surface area contributed by atoms with E-state index in [9.17, 15) is 44.7 Å². The SMILES string of the molecule is O=C(NCC(O)COCC(F)(F)F)c1ccc(S(=O)(=O)c2ccc(C(F)(F)F)cc2)cn1. The fraction of sp³-hybridized carbons (Fsp3) is 0.333. The third-order valence-electron chi connectivity index (χ3n) is 3.85. The Labute approximate surface area is 178 Å². The lowest BCUT2D eigenvalue weighted by atomic mass is 10.2. The van der Waals surface area contributed by atoms with Crippen LogP contribution in [0.25, 0.3) is 0 Å². The van der Waals surface area contributed by atoms with Crippen molar-refractivity contribution in [1.82, 2.24) is 10.3 Å². The molecular formula is C18H16F6N2O5S. The van der Waals surface area contributed by atoms with E-state index in [0.717, 1.165) is 30.5 Å². The molecule has 1 heterocycles. The Bertz CT molecular complexity index is 1020. The fourth-order valence-electron chi connectivity index (χ4n) is 2.30. The topological polar surface area (TPSA) is 106 Å². The van der Waals surface area contributed by atoms with Crippen molar-refractivity contribution in [2.24, 2.45) is 0 Å². The van der Waals surface area contributed by atoms with Crippen LogP contribution in [0.2, 0.25) is 0 Å². The van der Waals surface area contributed by atoms with Gasteiger partial charge in [-0.15, -0.1) is 0 Å². The zero-order valence-corrected chi connectivity index (χ0v) is 16.8. The molecule has 2 rings (SSSR count). The first kappa shape index (κ1) is 25.5. The number of nitrogens with zero attached hydrogens (tertiary/aromatic N) is 1. The summed E-state index contributed by atoms with van der Waals surface area (Å²) in [5, 5.41) is 11.7. The Balaban J connectivity index is 1.99. The van der Waals surface area contributed by atoms with Crippen molar-refractivity contribution in [1.29, 1.82) is 0 Å². The number of alkyl halides is 6. The molecule has 0 aliphatic rings. The van der Waals surface area contributed by atoms with Crippen LogP contribution in [0.1, 0.15) is 16.1 Å². The highest BCUT2D eigenvalue weighted by molar-refractivity contribution is 7.91. The number of sulfone groups is 1. The van der Waals surface area contributed by atoms with Crippen LogP contribution in [0, 0.1) is 0 Å². The summed E-state index contributed by atoms with van der Waals surface area (Å²) in [5.74, 6) is -0.849. The van der Waals surface area contributed by atoms with Crippen LogP contribution >= 0.6 is 0 Å². The van der Waals surface area contributed by atoms with Gasteiger partial charge in [-0.1, -0.05) is 0 Å². The van der Waals surface area contributed by atoms with Gasteiger partial charge in [0.25, 0.3) is 5.91 Å². The number of amides is 1. The first-order chi connectivity index (χ1) is 14.7. The van der Waals surface area contributed by atoms with Crippen LogP contribution in [-0.4, -0.2) is 56.5 Å². The molecule has 0 aliphatic carbocycles. The van der Waals surface area contributed by atoms with E-state index >= 15 is 0 Å². The number of carbonyl (C=O) groups excluding carboxylic acids is 1. The van der Waals surface area contributed by atoms with E-state index in [4.69, 9.17) is 0 Å². The van der Waals surface area contributed by atoms with Gasteiger partial charge in [-0.3, -0.25) is 4.79 Å². The van der Waals surface area contributed by atoms with E-state index in [2.05, 4.69) is 15.0 Å². The first-order valence-corrected chi connectivity index (χ1v) is 10.2. The fourth-order valence-corrected chi connectivity index (χ4v) is 3.51. The summed E-state index contributed by atoms with van der Waals surface area (Å²) in [6.07, 6.45) is -9.79. The summed E-state index contributed by atoms with van der Waals surface area (Å²) in [5.41, 5.74) is -1.28. The van der Waals surface area contributed by atoms with Gasteiger partial charge in [-0.2, -0.15) is 26.3 Å². The zero-order valence-electron chi connectivity index (χ0n) is 15.9. The van der Waals surface area contributed by atoms with Crippen LogP contribution < -0.4 is 5.32 Å². The van der Waals surface area contributed by atoms with Gasteiger partial charge in [0.2, 0.25) is 9.84 Å². The van der Waals surface area contributed by atoms with Gasteiger partial charge in [-0.05, 0) is 36.4 Å². The van der Waals surface area contributed by atoms with E-state index < -0.39 is 64.4 Å². The lowest BCUT2D eigenvalue weighted by Gasteiger charge is -2.13. The highest BCUT2D eigenvalue weighted by Gasteiger charge is 2.31. The van der Waals surface area contributed by atoms with Gasteiger partial charge in [0.05, 0.1) is 28.1 Å². The Morgan fingerprint density at radius 1 is 1.03 bits per heavy atom. The molecule has 0 fully saturated rings. The number of pyridine rings is 1. The smallest absolute Gasteiger partial charge is 0.389 e. The van der Waals surface area contributed by atoms with Gasteiger partial charge in [-0.25, -0.2) is 13.4 Å². The number of rotatable bonds is 8. The minimum Gasteiger partial charge on any atom is -0.389 e. The summed E-state index contributed by atoms with van der Waals surface area (Å²) in [6.45, 7) is -2.70. The lowest BCUT2D eigenvalue weighted by Crippen LogP contribution is -2.35. The van der Waals surface area contributed by atoms with Gasteiger partial charge in [0, 0.05) is 12.7 Å². The molecule has 1 atom stereocenters. The molecule has 2 aromatic rings. The number of halogens is 6. The van der Waals surface area contributed by atoms with Crippen molar-refractivity contribution in [3.05, 3.63) is 53.9 Å². The number of nitrogens with one attached hydrogen (secondary N) is 1. The molecule has 0 saturated heterocycles. The third-order valence-corrected chi connectivity index (χ3v) is 5.60. The van der Waals surface area contributed by atoms with E-state index in [0.29, 0.717) is 12.1 Å². The molecule has 2 N–H and O–H groups in total. The molecule has 7 nitrogen and oxygen atoms in total. The van der Waals surface area contributed by atoms with E-state index in [1.54, 1.807) is 0 Å². The highest BCUT2D eigenvalue weighted by atomic mass is 32.2. The van der Waals surface area contributed by atoms with Crippen molar-refractivity contribution in [2.45, 2.75) is 28.2 Å². The molecule has 1 aromatic carbocycles. The third kappa shape index (κ3) is 7.17. The average Bonchev–Trinajstić information content (AvgIpc) is 2.70. The Hall–Kier alpha value is -2.71. The maximum atomic E-state index is 12.6. The molecular weight excluding hydrogens is 470 g/mol. The average molecular weight is 486 g/mol. The van der Waals surface area contributed by atoms with Crippen molar-refractivity contribution in [2.75, 3.05) is 19.8 Å². The molecule has 1 aromatic heterocycles. The molecule has 0 radical (unpaired) electrons. The first-order valence-electron chi connectivity index (χ1n) is 8.69. The minimum absolute atomic E-state index is 0.264. The standard InChI is InChI=1S/C18H16F6N2O5S/c19-17(20,21)10-31-9-12(27)7-26-16(28)15-6-5-14(8-25-15)32(29,30)13-3-1-11(2-4-13)18(22,23)24/h1-6,8,12,27H,7,9-10H2,(H,26,28). The summed E-state index contributed by atoms with van der Waals surface area (Å²) in [4.78, 5) is 14.9. The number of carbonyl (C=O) groups is 1. The molecule has 32 heavy (non-hydrogen) atoms. The number of aliphatic hydroxyl groups is 1. The summed E-state index contributed by atoms with van der Waals surface area (Å²) >= 11 is 0. The summed E-state index contributed by atoms with van der Waals surface area (Å²) in [6, 6.07) is 4.86. The Morgan fingerprint density at radius 2 is 1.62 bits per heavy atom.